The van der Waals surface area contributed by atoms with Crippen LogP contribution in [0.5, 0.6) is 0 Å². The summed E-state index contributed by atoms with van der Waals surface area (Å²) in [5.41, 5.74) is 11.5. The number of aromatic nitrogens is 1. The molecule has 0 fully saturated rings. The van der Waals surface area contributed by atoms with Gasteiger partial charge in [0.15, 0.2) is 0 Å². The second-order valence-electron chi connectivity index (χ2n) is 12.9. The molecule has 4 heteroatoms. The molecule has 0 unspecified atom stereocenters. The van der Waals surface area contributed by atoms with Gasteiger partial charge in [0.1, 0.15) is 11.2 Å². The van der Waals surface area contributed by atoms with Crippen molar-refractivity contribution in [2.75, 3.05) is 11.4 Å². The van der Waals surface area contributed by atoms with Gasteiger partial charge in [0, 0.05) is 55.3 Å². The van der Waals surface area contributed by atoms with E-state index < -0.39 is 0 Å². The maximum atomic E-state index is 6.25. The molecule has 0 N–H and O–H groups in total. The van der Waals surface area contributed by atoms with E-state index in [4.69, 9.17) is 4.42 Å². The molecule has 0 atom stereocenters. The van der Waals surface area contributed by atoms with Crippen molar-refractivity contribution in [1.82, 2.24) is 4.40 Å². The molecule has 0 saturated heterocycles. The van der Waals surface area contributed by atoms with E-state index in [9.17, 15) is 0 Å². The Morgan fingerprint density at radius 1 is 0.640 bits per heavy atom. The van der Waals surface area contributed by atoms with Crippen LogP contribution in [0.25, 0.3) is 77.3 Å². The molecule has 6 aromatic carbocycles. The fourth-order valence-corrected chi connectivity index (χ4v) is 8.77. The number of furan rings is 1. The van der Waals surface area contributed by atoms with Crippen LogP contribution in [0, 0.1) is 0 Å². The number of anilines is 2. The Morgan fingerprint density at radius 3 is 2.36 bits per heavy atom. The quantitative estimate of drug-likeness (QED) is 0.188. The van der Waals surface area contributed by atoms with Gasteiger partial charge >= 0.3 is 0 Å². The van der Waals surface area contributed by atoms with E-state index in [-0.39, 0.29) is 0 Å². The van der Waals surface area contributed by atoms with E-state index in [1.165, 1.54) is 65.7 Å². The Bertz CT molecular complexity index is 2900. The van der Waals surface area contributed by atoms with E-state index in [1.807, 2.05) is 12.1 Å². The molecule has 0 bridgehead atoms. The standard InChI is InChI=1S/C46H32N2OS/c1-30-48-41-25-23-32(31-22-24-40-33(27-31)13-5-2-3-10-26-47(40)35-15-6-4-7-16-35)28-39(41)36-18-11-14-34(46(36)48)29-44(50-30)38-19-12-21-43-45(38)37-17-8-9-20-42(37)49-43/h2-12,14-25,27-29H,1,13,26H2/b5-2-,10-3-. The molecular weight excluding hydrogens is 629 g/mol. The van der Waals surface area contributed by atoms with Gasteiger partial charge in [-0.25, -0.2) is 0 Å². The van der Waals surface area contributed by atoms with Crippen LogP contribution in [0.1, 0.15) is 5.56 Å². The lowest BCUT2D eigenvalue weighted by molar-refractivity contribution is 0.669. The molecule has 4 heterocycles. The van der Waals surface area contributed by atoms with Crippen LogP contribution in [0.3, 0.4) is 0 Å². The second-order valence-corrected chi connectivity index (χ2v) is 14.1. The second kappa shape index (κ2) is 11.5. The maximum absolute atomic E-state index is 6.25. The van der Waals surface area contributed by atoms with Crippen LogP contribution < -0.4 is 9.56 Å². The summed E-state index contributed by atoms with van der Waals surface area (Å²) in [5.74, 6) is 0. The maximum Gasteiger partial charge on any atom is 0.136 e. The van der Waals surface area contributed by atoms with Crippen LogP contribution in [-0.4, -0.2) is 10.9 Å². The molecule has 50 heavy (non-hydrogen) atoms. The summed E-state index contributed by atoms with van der Waals surface area (Å²) in [6.07, 6.45) is 9.67. The summed E-state index contributed by atoms with van der Waals surface area (Å²) in [6.45, 7) is 5.48. The lowest BCUT2D eigenvalue weighted by Gasteiger charge is -2.26. The van der Waals surface area contributed by atoms with Gasteiger partial charge in [-0.1, -0.05) is 110 Å². The highest BCUT2D eigenvalue weighted by Crippen LogP contribution is 2.40. The highest BCUT2D eigenvalue weighted by molar-refractivity contribution is 7.13. The third kappa shape index (κ3) is 4.57. The Labute approximate surface area is 293 Å². The topological polar surface area (TPSA) is 20.8 Å². The molecule has 10 rings (SSSR count). The van der Waals surface area contributed by atoms with Gasteiger partial charge in [-0.3, -0.25) is 0 Å². The first-order valence-electron chi connectivity index (χ1n) is 17.1. The summed E-state index contributed by atoms with van der Waals surface area (Å²) in [5, 5.41) is 5.94. The van der Waals surface area contributed by atoms with Gasteiger partial charge in [0.25, 0.3) is 0 Å². The first-order valence-corrected chi connectivity index (χ1v) is 17.9. The fourth-order valence-electron chi connectivity index (χ4n) is 7.77. The molecule has 1 aliphatic rings. The summed E-state index contributed by atoms with van der Waals surface area (Å²) >= 11 is 1.73. The van der Waals surface area contributed by atoms with Crippen molar-refractivity contribution < 1.29 is 4.42 Å². The number of fused-ring (bicyclic) bond motifs is 7. The third-order valence-corrected chi connectivity index (χ3v) is 11.0. The highest BCUT2D eigenvalue weighted by Gasteiger charge is 2.18. The van der Waals surface area contributed by atoms with E-state index in [2.05, 4.69) is 162 Å². The van der Waals surface area contributed by atoms with Crippen LogP contribution in [-0.2, 0) is 6.42 Å². The van der Waals surface area contributed by atoms with Crippen molar-refractivity contribution in [2.45, 2.75) is 6.42 Å². The lowest BCUT2D eigenvalue weighted by atomic mass is 9.97. The molecule has 3 aromatic heterocycles. The first-order chi connectivity index (χ1) is 24.7. The normalized spacial score (nSPS) is 14.6. The minimum absolute atomic E-state index is 0.820. The van der Waals surface area contributed by atoms with Crippen LogP contribution in [0.15, 0.2) is 162 Å². The average molecular weight is 661 g/mol. The van der Waals surface area contributed by atoms with Crippen molar-refractivity contribution >= 4 is 78.4 Å². The van der Waals surface area contributed by atoms with Gasteiger partial charge < -0.3 is 13.7 Å². The molecule has 3 nitrogen and oxygen atoms in total. The number of benzene rings is 6. The number of hydrogen-bond donors (Lipinski definition) is 0. The number of rotatable bonds is 3. The number of para-hydroxylation sites is 3. The Hall–Kier alpha value is -6.10. The zero-order valence-corrected chi connectivity index (χ0v) is 28.2. The van der Waals surface area contributed by atoms with E-state index in [0.29, 0.717) is 0 Å². The summed E-state index contributed by atoms with van der Waals surface area (Å²) in [6, 6.07) is 48.2. The monoisotopic (exact) mass is 660 g/mol. The molecule has 0 aliphatic carbocycles. The van der Waals surface area contributed by atoms with Gasteiger partial charge in [0.05, 0.1) is 15.7 Å². The molecule has 9 aromatic rings. The number of hydrogen-bond acceptors (Lipinski definition) is 3. The Morgan fingerprint density at radius 2 is 1.42 bits per heavy atom. The van der Waals surface area contributed by atoms with Gasteiger partial charge in [-0.05, 0) is 77.7 Å². The van der Waals surface area contributed by atoms with E-state index in [0.717, 1.165) is 39.6 Å². The van der Waals surface area contributed by atoms with Gasteiger partial charge in [-0.2, -0.15) is 0 Å². The van der Waals surface area contributed by atoms with Crippen LogP contribution >= 0.6 is 11.3 Å². The zero-order valence-electron chi connectivity index (χ0n) is 27.3. The van der Waals surface area contributed by atoms with Crippen LogP contribution in [0.4, 0.5) is 11.4 Å². The van der Waals surface area contributed by atoms with Crippen LogP contribution in [0.2, 0.25) is 0 Å². The minimum Gasteiger partial charge on any atom is -0.456 e. The van der Waals surface area contributed by atoms with Crippen molar-refractivity contribution in [3.05, 3.63) is 168 Å². The number of allylic oxidation sites excluding steroid dienone is 3. The zero-order chi connectivity index (χ0) is 33.2. The molecule has 0 spiro atoms. The van der Waals surface area contributed by atoms with Crippen molar-refractivity contribution in [3.8, 4) is 21.6 Å². The minimum atomic E-state index is 0.820. The largest absolute Gasteiger partial charge is 0.456 e. The molecular formula is C46H32N2OS. The predicted octanol–water partition coefficient (Wildman–Crippen LogP) is 12.0. The molecule has 238 valence electrons. The number of nitrogens with zero attached hydrogens (tertiary/aromatic N) is 2. The molecule has 0 amide bonds. The van der Waals surface area contributed by atoms with Gasteiger partial charge in [0.2, 0.25) is 0 Å². The summed E-state index contributed by atoms with van der Waals surface area (Å²) < 4.78 is 9.59. The highest BCUT2D eigenvalue weighted by atomic mass is 32.1. The third-order valence-electron chi connectivity index (χ3n) is 10.0. The van der Waals surface area contributed by atoms with Crippen molar-refractivity contribution in [1.29, 1.82) is 0 Å². The smallest absolute Gasteiger partial charge is 0.136 e. The first kappa shape index (κ1) is 28.9. The predicted molar refractivity (Wildman–Crippen MR) is 213 cm³/mol. The molecule has 0 radical (unpaired) electrons. The van der Waals surface area contributed by atoms with E-state index >= 15 is 0 Å². The van der Waals surface area contributed by atoms with Crippen molar-refractivity contribution in [2.24, 2.45) is 0 Å². The Balaban J connectivity index is 1.13. The SMILES string of the molecule is C=c1sc(-c2cccc3oc4ccccc4c23)cc2cccc3c4cc(-c5ccc6c(c5)C/C=C\C=C/CN6c5ccccc5)ccc4n1c23. The Kier molecular flexibility index (Phi) is 6.64. The molecule has 0 saturated carbocycles. The average Bonchev–Trinajstić information content (AvgIpc) is 3.69. The van der Waals surface area contributed by atoms with Gasteiger partial charge in [-0.15, -0.1) is 11.3 Å². The fraction of sp³-hybridized carbons (Fsp3) is 0.0435. The molecule has 1 aliphatic heterocycles. The lowest BCUT2D eigenvalue weighted by Crippen LogP contribution is -2.18. The summed E-state index contributed by atoms with van der Waals surface area (Å²) in [7, 11) is 0. The summed E-state index contributed by atoms with van der Waals surface area (Å²) in [4.78, 5) is 3.57. The van der Waals surface area contributed by atoms with E-state index in [1.54, 1.807) is 11.3 Å². The van der Waals surface area contributed by atoms with Crippen molar-refractivity contribution in [3.63, 3.8) is 0 Å².